The van der Waals surface area contributed by atoms with E-state index in [1.165, 1.54) is 24.3 Å². The average Bonchev–Trinajstić information content (AvgIpc) is 2.03. The van der Waals surface area contributed by atoms with E-state index in [1.807, 2.05) is 0 Å². The van der Waals surface area contributed by atoms with Crippen LogP contribution < -0.4 is 0 Å². The van der Waals surface area contributed by atoms with Gasteiger partial charge in [-0.2, -0.15) is 0 Å². The molecule has 0 fully saturated rings. The van der Waals surface area contributed by atoms with Crippen LogP contribution in [0.25, 0.3) is 0 Å². The summed E-state index contributed by atoms with van der Waals surface area (Å²) in [6, 6.07) is 5.74. The van der Waals surface area contributed by atoms with Crippen LogP contribution in [0.1, 0.15) is 10.4 Å². The molecule has 13 heavy (non-hydrogen) atoms. The lowest BCUT2D eigenvalue weighted by Gasteiger charge is -1.97. The highest BCUT2D eigenvalue weighted by Gasteiger charge is 2.07. The molecule has 1 rings (SSSR count). The molecule has 5 heteroatoms. The molecule has 0 atom stereocenters. The summed E-state index contributed by atoms with van der Waals surface area (Å²) < 4.78 is 21.8. The van der Waals surface area contributed by atoms with Gasteiger partial charge >= 0.3 is 0 Å². The van der Waals surface area contributed by atoms with Gasteiger partial charge in [-0.05, 0) is 40.2 Å². The van der Waals surface area contributed by atoms with Crippen molar-refractivity contribution >= 4 is 30.5 Å². The molecule has 0 bridgehead atoms. The molecule has 0 radical (unpaired) electrons. The van der Waals surface area contributed by atoms with Gasteiger partial charge in [-0.15, -0.1) is 0 Å². The molecule has 0 aliphatic carbocycles. The molecule has 0 aliphatic rings. The van der Waals surface area contributed by atoms with Gasteiger partial charge in [-0.3, -0.25) is 4.79 Å². The van der Waals surface area contributed by atoms with E-state index in [1.54, 1.807) is 0 Å². The van der Waals surface area contributed by atoms with Crippen molar-refractivity contribution in [2.75, 3.05) is 6.26 Å². The van der Waals surface area contributed by atoms with E-state index in [0.717, 1.165) is 6.26 Å². The highest BCUT2D eigenvalue weighted by Crippen LogP contribution is 2.12. The molecule has 0 saturated heterocycles. The molecule has 0 aliphatic heterocycles. The van der Waals surface area contributed by atoms with Gasteiger partial charge < -0.3 is 0 Å². The SMILES string of the molecule is CS(=O)(=O)c1ccc(C(=O)Br)cc1. The molecule has 0 spiro atoms. The third-order valence-corrected chi connectivity index (χ3v) is 3.10. The average molecular weight is 263 g/mol. The highest BCUT2D eigenvalue weighted by atomic mass is 79.9. The predicted octanol–water partition coefficient (Wildman–Crippen LogP) is 1.63. The lowest BCUT2D eigenvalue weighted by molar-refractivity contribution is 0.109. The van der Waals surface area contributed by atoms with Crippen LogP contribution >= 0.6 is 15.9 Å². The summed E-state index contributed by atoms with van der Waals surface area (Å²) in [5.41, 5.74) is 0.437. The molecular weight excluding hydrogens is 256 g/mol. The van der Waals surface area contributed by atoms with Crippen molar-refractivity contribution in [2.24, 2.45) is 0 Å². The van der Waals surface area contributed by atoms with Gasteiger partial charge in [0.25, 0.3) is 0 Å². The van der Waals surface area contributed by atoms with Crippen molar-refractivity contribution in [3.05, 3.63) is 29.8 Å². The Morgan fingerprint density at radius 2 is 1.69 bits per heavy atom. The van der Waals surface area contributed by atoms with E-state index in [4.69, 9.17) is 0 Å². The maximum Gasteiger partial charge on any atom is 0.228 e. The molecule has 0 unspecified atom stereocenters. The molecule has 0 aromatic heterocycles. The number of halogens is 1. The molecule has 3 nitrogen and oxygen atoms in total. The van der Waals surface area contributed by atoms with Crippen molar-refractivity contribution < 1.29 is 13.2 Å². The first-order valence-corrected chi connectivity index (χ1v) is 6.09. The summed E-state index contributed by atoms with van der Waals surface area (Å²) in [7, 11) is -3.17. The standard InChI is InChI=1S/C8H7BrO3S/c1-13(11,12)7-4-2-6(3-5-7)8(9)10/h2-5H,1H3. The Kier molecular flexibility index (Phi) is 2.87. The van der Waals surface area contributed by atoms with Crippen LogP contribution in [0.15, 0.2) is 29.2 Å². The Morgan fingerprint density at radius 1 is 1.23 bits per heavy atom. The largest absolute Gasteiger partial charge is 0.281 e. The second-order valence-electron chi connectivity index (χ2n) is 2.57. The summed E-state index contributed by atoms with van der Waals surface area (Å²) in [4.78, 5) is 11.0. The zero-order valence-electron chi connectivity index (χ0n) is 6.82. The smallest absolute Gasteiger partial charge is 0.228 e. The number of benzene rings is 1. The number of carbonyl (C=O) groups is 1. The highest BCUT2D eigenvalue weighted by molar-refractivity contribution is 9.18. The van der Waals surface area contributed by atoms with Gasteiger partial charge in [0.15, 0.2) is 9.84 Å². The van der Waals surface area contributed by atoms with Gasteiger partial charge in [0.2, 0.25) is 4.69 Å². The Hall–Kier alpha value is -0.680. The van der Waals surface area contributed by atoms with E-state index in [-0.39, 0.29) is 9.59 Å². The summed E-state index contributed by atoms with van der Waals surface area (Å²) >= 11 is 2.77. The number of carbonyl (C=O) groups excluding carboxylic acids is 1. The minimum Gasteiger partial charge on any atom is -0.281 e. The Balaban J connectivity index is 3.16. The zero-order chi connectivity index (χ0) is 10.1. The minimum atomic E-state index is -3.17. The quantitative estimate of drug-likeness (QED) is 0.762. The maximum atomic E-state index is 11.0. The van der Waals surface area contributed by atoms with Crippen molar-refractivity contribution in [1.29, 1.82) is 0 Å². The number of sulfone groups is 1. The minimum absolute atomic E-state index is 0.213. The Labute approximate surface area is 84.8 Å². The Bertz CT molecular complexity index is 419. The topological polar surface area (TPSA) is 51.2 Å². The fraction of sp³-hybridized carbons (Fsp3) is 0.125. The molecular formula is C8H7BrO3S. The lowest BCUT2D eigenvalue weighted by atomic mass is 10.2. The normalized spacial score (nSPS) is 11.2. The molecule has 70 valence electrons. The molecule has 0 saturated carbocycles. The van der Waals surface area contributed by atoms with Gasteiger partial charge in [0.05, 0.1) is 4.90 Å². The van der Waals surface area contributed by atoms with E-state index >= 15 is 0 Å². The third kappa shape index (κ3) is 2.63. The van der Waals surface area contributed by atoms with E-state index in [0.29, 0.717) is 5.56 Å². The summed E-state index contributed by atoms with van der Waals surface area (Å²) in [5, 5.41) is 0. The van der Waals surface area contributed by atoms with Crippen LogP contribution in [0, 0.1) is 0 Å². The Morgan fingerprint density at radius 3 is 2.00 bits per heavy atom. The fourth-order valence-corrected chi connectivity index (χ4v) is 1.73. The van der Waals surface area contributed by atoms with Crippen molar-refractivity contribution in [2.45, 2.75) is 4.90 Å². The van der Waals surface area contributed by atoms with E-state index in [9.17, 15) is 13.2 Å². The van der Waals surface area contributed by atoms with Gasteiger partial charge in [0, 0.05) is 11.8 Å². The second kappa shape index (κ2) is 3.59. The lowest BCUT2D eigenvalue weighted by Crippen LogP contribution is -1.97. The molecule has 1 aromatic rings. The number of hydrogen-bond acceptors (Lipinski definition) is 3. The first-order chi connectivity index (χ1) is 5.91. The van der Waals surface area contributed by atoms with Crippen LogP contribution in [-0.2, 0) is 9.84 Å². The maximum absolute atomic E-state index is 11.0. The summed E-state index contributed by atoms with van der Waals surface area (Å²) in [6.07, 6.45) is 1.12. The number of hydrogen-bond donors (Lipinski definition) is 0. The van der Waals surface area contributed by atoms with Crippen LogP contribution in [0.3, 0.4) is 0 Å². The van der Waals surface area contributed by atoms with Crippen molar-refractivity contribution in [1.82, 2.24) is 0 Å². The van der Waals surface area contributed by atoms with Gasteiger partial charge in [-0.25, -0.2) is 8.42 Å². The van der Waals surface area contributed by atoms with Crippen molar-refractivity contribution in [3.8, 4) is 0 Å². The summed E-state index contributed by atoms with van der Waals surface area (Å²) in [6.45, 7) is 0. The molecule has 0 N–H and O–H groups in total. The monoisotopic (exact) mass is 262 g/mol. The molecule has 0 heterocycles. The fourth-order valence-electron chi connectivity index (χ4n) is 0.833. The van der Waals surface area contributed by atoms with Crippen LogP contribution in [0.5, 0.6) is 0 Å². The number of rotatable bonds is 2. The molecule has 0 amide bonds. The van der Waals surface area contributed by atoms with E-state index < -0.39 is 9.84 Å². The van der Waals surface area contributed by atoms with Crippen LogP contribution in [0.2, 0.25) is 0 Å². The van der Waals surface area contributed by atoms with Crippen LogP contribution in [0.4, 0.5) is 0 Å². The van der Waals surface area contributed by atoms with E-state index in [2.05, 4.69) is 15.9 Å². The second-order valence-corrected chi connectivity index (χ2v) is 5.31. The van der Waals surface area contributed by atoms with Gasteiger partial charge in [0.1, 0.15) is 0 Å². The van der Waals surface area contributed by atoms with Gasteiger partial charge in [-0.1, -0.05) is 0 Å². The summed E-state index contributed by atoms with van der Waals surface area (Å²) in [5.74, 6) is 0. The van der Waals surface area contributed by atoms with Crippen molar-refractivity contribution in [3.63, 3.8) is 0 Å². The predicted molar refractivity (Wildman–Crippen MR) is 52.8 cm³/mol. The first-order valence-electron chi connectivity index (χ1n) is 3.41. The van der Waals surface area contributed by atoms with Crippen LogP contribution in [-0.4, -0.2) is 19.4 Å². The molecule has 1 aromatic carbocycles. The third-order valence-electron chi connectivity index (χ3n) is 1.51. The zero-order valence-corrected chi connectivity index (χ0v) is 9.22. The first kappa shape index (κ1) is 10.4.